The van der Waals surface area contributed by atoms with Gasteiger partial charge in [0.25, 0.3) is 5.69 Å². The molecule has 1 aliphatic rings. The molecule has 2 aromatic carbocycles. The Morgan fingerprint density at radius 2 is 2.00 bits per heavy atom. The van der Waals surface area contributed by atoms with Gasteiger partial charge in [-0.2, -0.15) is 0 Å². The number of hydrogen-bond acceptors (Lipinski definition) is 5. The van der Waals surface area contributed by atoms with E-state index in [2.05, 4.69) is 17.4 Å². The highest BCUT2D eigenvalue weighted by atomic mass is 32.2. The van der Waals surface area contributed by atoms with Crippen molar-refractivity contribution in [3.05, 3.63) is 63.2 Å². The summed E-state index contributed by atoms with van der Waals surface area (Å²) in [6, 6.07) is 10.1. The minimum Gasteiger partial charge on any atom is -0.508 e. The topological polar surface area (TPSA) is 92.5 Å². The number of nitro benzene ring substituents is 1. The molecule has 130 valence electrons. The summed E-state index contributed by atoms with van der Waals surface area (Å²) in [4.78, 5) is 23.3. The van der Waals surface area contributed by atoms with Gasteiger partial charge in [-0.25, -0.2) is 0 Å². The van der Waals surface area contributed by atoms with Gasteiger partial charge in [0, 0.05) is 29.1 Å². The fourth-order valence-electron chi connectivity index (χ4n) is 2.86. The van der Waals surface area contributed by atoms with Gasteiger partial charge in [-0.05, 0) is 48.6 Å². The van der Waals surface area contributed by atoms with E-state index < -0.39 is 4.92 Å². The van der Waals surface area contributed by atoms with Crippen molar-refractivity contribution in [1.82, 2.24) is 5.32 Å². The first-order valence-electron chi connectivity index (χ1n) is 8.00. The van der Waals surface area contributed by atoms with Gasteiger partial charge in [-0.15, -0.1) is 11.8 Å². The number of nitrogens with one attached hydrogen (secondary N) is 1. The molecule has 2 aromatic rings. The number of benzene rings is 2. The summed E-state index contributed by atoms with van der Waals surface area (Å²) in [6.45, 7) is 0.0527. The Hall–Kier alpha value is -2.54. The van der Waals surface area contributed by atoms with Crippen molar-refractivity contribution in [1.29, 1.82) is 0 Å². The van der Waals surface area contributed by atoms with Crippen LogP contribution < -0.4 is 5.32 Å². The van der Waals surface area contributed by atoms with E-state index in [-0.39, 0.29) is 29.6 Å². The maximum absolute atomic E-state index is 12.0. The molecule has 0 bridgehead atoms. The number of amides is 1. The second-order valence-corrected chi connectivity index (χ2v) is 6.97. The van der Waals surface area contributed by atoms with Crippen LogP contribution in [0.15, 0.2) is 41.3 Å². The molecule has 2 N–H and O–H groups in total. The molecule has 0 aliphatic heterocycles. The molecule has 0 heterocycles. The average Bonchev–Trinajstić information content (AvgIpc) is 3.06. The van der Waals surface area contributed by atoms with E-state index >= 15 is 0 Å². The molecule has 3 rings (SSSR count). The van der Waals surface area contributed by atoms with Gasteiger partial charge in [-0.1, -0.05) is 6.07 Å². The SMILES string of the molecule is O=C(CSc1ccc2c(c1)CCC2)NCc1cc([N+](=O)[O-])ccc1O. The van der Waals surface area contributed by atoms with Gasteiger partial charge in [0.1, 0.15) is 5.75 Å². The van der Waals surface area contributed by atoms with Gasteiger partial charge in [0.2, 0.25) is 5.91 Å². The first-order chi connectivity index (χ1) is 12.0. The van der Waals surface area contributed by atoms with E-state index in [0.717, 1.165) is 17.7 Å². The van der Waals surface area contributed by atoms with Crippen molar-refractivity contribution in [3.63, 3.8) is 0 Å². The Morgan fingerprint density at radius 1 is 1.20 bits per heavy atom. The molecule has 0 unspecified atom stereocenters. The zero-order chi connectivity index (χ0) is 17.8. The maximum Gasteiger partial charge on any atom is 0.270 e. The van der Waals surface area contributed by atoms with E-state index in [0.29, 0.717) is 5.56 Å². The molecule has 7 heteroatoms. The van der Waals surface area contributed by atoms with Gasteiger partial charge in [-0.3, -0.25) is 14.9 Å². The third kappa shape index (κ3) is 4.30. The van der Waals surface area contributed by atoms with E-state index in [1.54, 1.807) is 0 Å². The number of phenols is 1. The van der Waals surface area contributed by atoms with Gasteiger partial charge in [0.15, 0.2) is 0 Å². The van der Waals surface area contributed by atoms with Crippen LogP contribution in [0.5, 0.6) is 5.75 Å². The average molecular weight is 358 g/mol. The molecule has 1 aliphatic carbocycles. The van der Waals surface area contributed by atoms with Crippen molar-refractivity contribution >= 4 is 23.4 Å². The molecule has 0 fully saturated rings. The number of carbonyl (C=O) groups excluding carboxylic acids is 1. The first kappa shape index (κ1) is 17.3. The van der Waals surface area contributed by atoms with Gasteiger partial charge >= 0.3 is 0 Å². The molecular weight excluding hydrogens is 340 g/mol. The van der Waals surface area contributed by atoms with E-state index in [4.69, 9.17) is 0 Å². The highest BCUT2D eigenvalue weighted by Crippen LogP contribution is 2.27. The Kier molecular flexibility index (Phi) is 5.23. The second kappa shape index (κ2) is 7.57. The summed E-state index contributed by atoms with van der Waals surface area (Å²) in [7, 11) is 0. The fraction of sp³-hybridized carbons (Fsp3) is 0.278. The van der Waals surface area contributed by atoms with Crippen molar-refractivity contribution in [3.8, 4) is 5.75 Å². The number of nitrogens with zero attached hydrogens (tertiary/aromatic N) is 1. The summed E-state index contributed by atoms with van der Waals surface area (Å²) >= 11 is 1.46. The number of thioether (sulfide) groups is 1. The lowest BCUT2D eigenvalue weighted by atomic mass is 10.1. The van der Waals surface area contributed by atoms with Crippen LogP contribution in [0.2, 0.25) is 0 Å². The van der Waals surface area contributed by atoms with Crippen molar-refractivity contribution in [2.75, 3.05) is 5.75 Å². The molecule has 0 saturated carbocycles. The number of non-ortho nitro benzene ring substituents is 1. The molecule has 25 heavy (non-hydrogen) atoms. The normalized spacial score (nSPS) is 12.6. The standard InChI is InChI=1S/C18H18N2O4S/c21-17-7-5-15(20(23)24)8-14(17)10-19-18(22)11-25-16-6-4-12-2-1-3-13(12)9-16/h4-9,21H,1-3,10-11H2,(H,19,22). The molecule has 0 spiro atoms. The van der Waals surface area contributed by atoms with Crippen LogP contribution in [-0.2, 0) is 24.2 Å². The van der Waals surface area contributed by atoms with Crippen LogP contribution in [0.25, 0.3) is 0 Å². The minimum absolute atomic E-state index is 0.0527. The molecule has 0 atom stereocenters. The highest BCUT2D eigenvalue weighted by molar-refractivity contribution is 8.00. The molecule has 0 radical (unpaired) electrons. The number of rotatable bonds is 6. The second-order valence-electron chi connectivity index (χ2n) is 5.92. The van der Waals surface area contributed by atoms with Crippen LogP contribution >= 0.6 is 11.8 Å². The summed E-state index contributed by atoms with van der Waals surface area (Å²) in [5.74, 6) is 0.00246. The summed E-state index contributed by atoms with van der Waals surface area (Å²) < 4.78 is 0. The first-order valence-corrected chi connectivity index (χ1v) is 8.99. The molecular formula is C18H18N2O4S. The molecule has 6 nitrogen and oxygen atoms in total. The van der Waals surface area contributed by atoms with Crippen molar-refractivity contribution < 1.29 is 14.8 Å². The molecule has 0 aromatic heterocycles. The van der Waals surface area contributed by atoms with Gasteiger partial charge in [0.05, 0.1) is 10.7 Å². The lowest BCUT2D eigenvalue weighted by molar-refractivity contribution is -0.384. The van der Waals surface area contributed by atoms with E-state index in [1.807, 2.05) is 6.07 Å². The maximum atomic E-state index is 12.0. The fourth-order valence-corrected chi connectivity index (χ4v) is 3.65. The lowest BCUT2D eigenvalue weighted by Crippen LogP contribution is -2.24. The van der Waals surface area contributed by atoms with Crippen LogP contribution in [0.1, 0.15) is 23.1 Å². The predicted octanol–water partition coefficient (Wildman–Crippen LogP) is 3.20. The number of fused-ring (bicyclic) bond motifs is 1. The number of phenolic OH excluding ortho intramolecular Hbond substituents is 1. The zero-order valence-electron chi connectivity index (χ0n) is 13.5. The third-order valence-electron chi connectivity index (χ3n) is 4.19. The van der Waals surface area contributed by atoms with Gasteiger partial charge < -0.3 is 10.4 Å². The predicted molar refractivity (Wildman–Crippen MR) is 95.8 cm³/mol. The minimum atomic E-state index is -0.533. The number of aromatic hydroxyl groups is 1. The summed E-state index contributed by atoms with van der Waals surface area (Å²) in [6.07, 6.45) is 3.42. The number of carbonyl (C=O) groups is 1. The Bertz CT molecular complexity index is 823. The number of hydrogen-bond donors (Lipinski definition) is 2. The molecule has 1 amide bonds. The third-order valence-corrected chi connectivity index (χ3v) is 5.18. The van der Waals surface area contributed by atoms with Crippen LogP contribution in [0, 0.1) is 10.1 Å². The van der Waals surface area contributed by atoms with Crippen LogP contribution in [0.4, 0.5) is 5.69 Å². The Balaban J connectivity index is 1.53. The highest BCUT2D eigenvalue weighted by Gasteiger charge is 2.13. The van der Waals surface area contributed by atoms with Crippen molar-refractivity contribution in [2.45, 2.75) is 30.7 Å². The molecule has 0 saturated heterocycles. The lowest BCUT2D eigenvalue weighted by Gasteiger charge is -2.08. The largest absolute Gasteiger partial charge is 0.508 e. The van der Waals surface area contributed by atoms with Crippen molar-refractivity contribution in [2.24, 2.45) is 0 Å². The van der Waals surface area contributed by atoms with E-state index in [9.17, 15) is 20.0 Å². The Labute approximate surface area is 149 Å². The zero-order valence-corrected chi connectivity index (χ0v) is 14.3. The summed E-state index contributed by atoms with van der Waals surface area (Å²) in [5.41, 5.74) is 2.97. The Morgan fingerprint density at radius 3 is 2.80 bits per heavy atom. The monoisotopic (exact) mass is 358 g/mol. The number of nitro groups is 1. The van der Waals surface area contributed by atoms with Crippen LogP contribution in [0.3, 0.4) is 0 Å². The number of aryl methyl sites for hydroxylation is 2. The smallest absolute Gasteiger partial charge is 0.270 e. The quantitative estimate of drug-likeness (QED) is 0.470. The summed E-state index contributed by atoms with van der Waals surface area (Å²) in [5, 5.41) is 23.2. The van der Waals surface area contributed by atoms with Crippen LogP contribution in [-0.4, -0.2) is 21.7 Å². The van der Waals surface area contributed by atoms with E-state index in [1.165, 1.54) is 47.5 Å².